The van der Waals surface area contributed by atoms with Gasteiger partial charge in [-0.05, 0) is 20.8 Å². The molecule has 2 heterocycles. The number of hydrogen-bond acceptors (Lipinski definition) is 3. The van der Waals surface area contributed by atoms with Crippen LogP contribution in [0.5, 0.6) is 0 Å². The van der Waals surface area contributed by atoms with Crippen molar-refractivity contribution in [2.45, 2.75) is 36.1 Å². The largest absolute Gasteiger partial charge is 0.319 e. The van der Waals surface area contributed by atoms with Crippen molar-refractivity contribution in [1.29, 1.82) is 0 Å². The molecular weight excluding hydrogens is 190 g/mol. The van der Waals surface area contributed by atoms with Gasteiger partial charge in [0.05, 0.1) is 16.5 Å². The molecular formula is C8H13NOS2. The molecule has 0 aromatic carbocycles. The molecule has 0 aliphatic carbocycles. The molecule has 68 valence electrons. The summed E-state index contributed by atoms with van der Waals surface area (Å²) in [5, 5.41) is 0.583. The zero-order valence-electron chi connectivity index (χ0n) is 7.53. The molecule has 0 aromatic rings. The highest BCUT2D eigenvalue weighted by Crippen LogP contribution is 2.49. The summed E-state index contributed by atoms with van der Waals surface area (Å²) in [6, 6.07) is 0. The van der Waals surface area contributed by atoms with Crippen LogP contribution in [0.4, 0.5) is 0 Å². The van der Waals surface area contributed by atoms with Crippen molar-refractivity contribution >= 4 is 29.4 Å². The molecule has 2 aliphatic heterocycles. The third-order valence-electron chi connectivity index (χ3n) is 2.42. The van der Waals surface area contributed by atoms with Crippen LogP contribution in [0.15, 0.2) is 0 Å². The van der Waals surface area contributed by atoms with Crippen LogP contribution in [0.1, 0.15) is 20.8 Å². The fourth-order valence-corrected chi connectivity index (χ4v) is 4.43. The highest BCUT2D eigenvalue weighted by atomic mass is 32.2. The van der Waals surface area contributed by atoms with E-state index in [1.807, 2.05) is 23.6 Å². The van der Waals surface area contributed by atoms with E-state index >= 15 is 0 Å². The van der Waals surface area contributed by atoms with Gasteiger partial charge in [0.15, 0.2) is 0 Å². The maximum absolute atomic E-state index is 11.6. The molecule has 2 saturated heterocycles. The Kier molecular flexibility index (Phi) is 1.88. The van der Waals surface area contributed by atoms with Gasteiger partial charge >= 0.3 is 0 Å². The molecule has 0 bridgehead atoms. The third kappa shape index (κ3) is 1.08. The SMILES string of the molecule is C[C@H]1S[C@@H]2N(CSC2(C)C)C1=O. The highest BCUT2D eigenvalue weighted by molar-refractivity contribution is 8.06. The zero-order chi connectivity index (χ0) is 8.93. The number of carbonyl (C=O) groups excluding carboxylic acids is 1. The lowest BCUT2D eigenvalue weighted by molar-refractivity contribution is -0.128. The summed E-state index contributed by atoms with van der Waals surface area (Å²) >= 11 is 3.69. The first kappa shape index (κ1) is 8.75. The van der Waals surface area contributed by atoms with Gasteiger partial charge in [0.1, 0.15) is 0 Å². The lowest BCUT2D eigenvalue weighted by Gasteiger charge is -2.23. The van der Waals surface area contributed by atoms with E-state index in [0.29, 0.717) is 11.3 Å². The standard InChI is InChI=1S/C8H13NOS2/c1-5-6(10)9-4-11-8(2,3)7(9)12-5/h5,7H,4H2,1-3H3/t5-,7+/m1/s1. The summed E-state index contributed by atoms with van der Waals surface area (Å²) in [5.41, 5.74) is 0. The Morgan fingerprint density at radius 1 is 1.58 bits per heavy atom. The molecule has 2 atom stereocenters. The Balaban J connectivity index is 2.24. The van der Waals surface area contributed by atoms with Crippen LogP contribution in [0.2, 0.25) is 0 Å². The molecule has 2 rings (SSSR count). The molecule has 2 fully saturated rings. The Bertz CT molecular complexity index is 229. The first-order chi connectivity index (χ1) is 5.52. The van der Waals surface area contributed by atoms with E-state index in [2.05, 4.69) is 13.8 Å². The molecule has 2 nitrogen and oxygen atoms in total. The molecule has 4 heteroatoms. The lowest BCUT2D eigenvalue weighted by atomic mass is 10.2. The second-order valence-electron chi connectivity index (χ2n) is 3.82. The fourth-order valence-electron chi connectivity index (χ4n) is 1.65. The Morgan fingerprint density at radius 3 is 2.83 bits per heavy atom. The second-order valence-corrected chi connectivity index (χ2v) is 6.84. The van der Waals surface area contributed by atoms with Crippen molar-refractivity contribution in [2.24, 2.45) is 0 Å². The summed E-state index contributed by atoms with van der Waals surface area (Å²) in [6.45, 7) is 6.45. The summed E-state index contributed by atoms with van der Waals surface area (Å²) in [6.07, 6.45) is 0. The minimum atomic E-state index is 0.176. The van der Waals surface area contributed by atoms with E-state index in [1.54, 1.807) is 11.8 Å². The maximum Gasteiger partial charge on any atom is 0.237 e. The van der Waals surface area contributed by atoms with Gasteiger partial charge < -0.3 is 4.90 Å². The first-order valence-corrected chi connectivity index (χ1v) is 6.05. The third-order valence-corrected chi connectivity index (χ3v) is 5.65. The predicted octanol–water partition coefficient (Wildman–Crippen LogP) is 1.76. The molecule has 0 N–H and O–H groups in total. The van der Waals surface area contributed by atoms with E-state index < -0.39 is 0 Å². The van der Waals surface area contributed by atoms with Crippen molar-refractivity contribution in [3.63, 3.8) is 0 Å². The van der Waals surface area contributed by atoms with Crippen LogP contribution in [-0.2, 0) is 4.79 Å². The van der Waals surface area contributed by atoms with E-state index in [1.165, 1.54) is 0 Å². The van der Waals surface area contributed by atoms with Crippen LogP contribution in [-0.4, -0.2) is 32.1 Å². The predicted molar refractivity (Wildman–Crippen MR) is 54.2 cm³/mol. The van der Waals surface area contributed by atoms with Crippen molar-refractivity contribution in [1.82, 2.24) is 4.90 Å². The number of rotatable bonds is 0. The normalized spacial score (nSPS) is 38.9. The van der Waals surface area contributed by atoms with Gasteiger partial charge in [-0.3, -0.25) is 4.79 Å². The van der Waals surface area contributed by atoms with E-state index in [4.69, 9.17) is 0 Å². The first-order valence-electron chi connectivity index (χ1n) is 4.12. The monoisotopic (exact) mass is 203 g/mol. The van der Waals surface area contributed by atoms with Gasteiger partial charge in [0.2, 0.25) is 5.91 Å². The summed E-state index contributed by atoms with van der Waals surface area (Å²) in [5.74, 6) is 1.21. The van der Waals surface area contributed by atoms with Gasteiger partial charge in [-0.1, -0.05) is 0 Å². The van der Waals surface area contributed by atoms with E-state index in [0.717, 1.165) is 5.88 Å². The molecule has 12 heavy (non-hydrogen) atoms. The molecule has 0 radical (unpaired) electrons. The fraction of sp³-hybridized carbons (Fsp3) is 0.875. The quantitative estimate of drug-likeness (QED) is 0.598. The summed E-state index contributed by atoms with van der Waals surface area (Å²) in [4.78, 5) is 13.6. The summed E-state index contributed by atoms with van der Waals surface area (Å²) < 4.78 is 0.241. The molecule has 1 amide bonds. The number of thioether (sulfide) groups is 2. The smallest absolute Gasteiger partial charge is 0.237 e. The van der Waals surface area contributed by atoms with Crippen LogP contribution in [0, 0.1) is 0 Å². The zero-order valence-corrected chi connectivity index (χ0v) is 9.17. The average Bonchev–Trinajstić information content (AvgIpc) is 2.40. The maximum atomic E-state index is 11.6. The van der Waals surface area contributed by atoms with Crippen molar-refractivity contribution in [3.05, 3.63) is 0 Å². The number of amides is 1. The Hall–Kier alpha value is 0.170. The van der Waals surface area contributed by atoms with E-state index in [-0.39, 0.29) is 10.00 Å². The van der Waals surface area contributed by atoms with Crippen LogP contribution >= 0.6 is 23.5 Å². The lowest BCUT2D eigenvalue weighted by Crippen LogP contribution is -2.35. The minimum absolute atomic E-state index is 0.176. The second kappa shape index (κ2) is 2.58. The molecule has 0 saturated carbocycles. The van der Waals surface area contributed by atoms with Crippen LogP contribution in [0.3, 0.4) is 0 Å². The van der Waals surface area contributed by atoms with Gasteiger partial charge in [-0.15, -0.1) is 23.5 Å². The van der Waals surface area contributed by atoms with Crippen LogP contribution < -0.4 is 0 Å². The highest BCUT2D eigenvalue weighted by Gasteiger charge is 2.50. The minimum Gasteiger partial charge on any atom is -0.319 e. The van der Waals surface area contributed by atoms with E-state index in [9.17, 15) is 4.79 Å². The van der Waals surface area contributed by atoms with Crippen LogP contribution in [0.25, 0.3) is 0 Å². The molecule has 0 aromatic heterocycles. The molecule has 0 unspecified atom stereocenters. The topological polar surface area (TPSA) is 20.3 Å². The molecule has 2 aliphatic rings. The number of nitrogens with zero attached hydrogens (tertiary/aromatic N) is 1. The van der Waals surface area contributed by atoms with Crippen molar-refractivity contribution in [2.75, 3.05) is 5.88 Å². The molecule has 0 spiro atoms. The average molecular weight is 203 g/mol. The van der Waals surface area contributed by atoms with Gasteiger partial charge in [0, 0.05) is 4.75 Å². The summed E-state index contributed by atoms with van der Waals surface area (Å²) in [7, 11) is 0. The number of fused-ring (bicyclic) bond motifs is 1. The number of carbonyl (C=O) groups is 1. The Labute approximate surface area is 81.4 Å². The van der Waals surface area contributed by atoms with Gasteiger partial charge in [-0.2, -0.15) is 0 Å². The van der Waals surface area contributed by atoms with Crippen molar-refractivity contribution in [3.8, 4) is 0 Å². The Morgan fingerprint density at radius 2 is 2.25 bits per heavy atom. The van der Waals surface area contributed by atoms with Gasteiger partial charge in [0.25, 0.3) is 0 Å². The van der Waals surface area contributed by atoms with Crippen molar-refractivity contribution < 1.29 is 4.79 Å². The number of hydrogen-bond donors (Lipinski definition) is 0. The van der Waals surface area contributed by atoms with Gasteiger partial charge in [-0.25, -0.2) is 0 Å².